The summed E-state index contributed by atoms with van der Waals surface area (Å²) in [6, 6.07) is 33.2. The van der Waals surface area contributed by atoms with E-state index in [0.29, 0.717) is 16.5 Å². The van der Waals surface area contributed by atoms with Crippen molar-refractivity contribution in [1.82, 2.24) is 0 Å². The van der Waals surface area contributed by atoms with E-state index in [2.05, 4.69) is 4.99 Å². The third-order valence-electron chi connectivity index (χ3n) is 7.51. The number of esters is 4. The summed E-state index contributed by atoms with van der Waals surface area (Å²) in [6.07, 6.45) is -5.21. The zero-order valence-corrected chi connectivity index (χ0v) is 27.6. The van der Waals surface area contributed by atoms with Gasteiger partial charge in [0.25, 0.3) is 0 Å². The summed E-state index contributed by atoms with van der Waals surface area (Å²) in [5.74, 6) is -2.07. The van der Waals surface area contributed by atoms with Crippen LogP contribution in [0.15, 0.2) is 126 Å². The quantitative estimate of drug-likeness (QED) is 0.141. The monoisotopic (exact) mass is 697 g/mol. The molecule has 0 spiro atoms. The Hall–Kier alpha value is -4.91. The molecule has 4 aromatic rings. The minimum atomic E-state index is -1.40. The molecule has 0 aliphatic carbocycles. The molecule has 250 valence electrons. The van der Waals surface area contributed by atoms with Crippen LogP contribution in [-0.2, 0) is 23.7 Å². The van der Waals surface area contributed by atoms with Crippen molar-refractivity contribution in [3.8, 4) is 0 Å². The number of thioether (sulfide) groups is 2. The molecule has 2 heterocycles. The molecule has 5 unspecified atom stereocenters. The molecule has 2 aliphatic rings. The van der Waals surface area contributed by atoms with Crippen LogP contribution in [0, 0.1) is 0 Å². The largest absolute Gasteiger partial charge is 0.459 e. The Morgan fingerprint density at radius 2 is 1.04 bits per heavy atom. The van der Waals surface area contributed by atoms with Crippen LogP contribution in [0.3, 0.4) is 0 Å². The Morgan fingerprint density at radius 1 is 0.612 bits per heavy atom. The second-order valence-corrected chi connectivity index (χ2v) is 13.3. The summed E-state index contributed by atoms with van der Waals surface area (Å²) in [4.78, 5) is 58.4. The maximum absolute atomic E-state index is 13.7. The van der Waals surface area contributed by atoms with E-state index in [9.17, 15) is 19.2 Å². The molecule has 5 atom stereocenters. The SMILES string of the molecule is O=C(OCC1OC(SC2=NCCS2)C(OC(=O)c2ccccc2)C(OC(=O)c2ccccc2)C1OC(=O)c1ccccc1)c1ccccc1. The molecule has 0 aromatic heterocycles. The summed E-state index contributed by atoms with van der Waals surface area (Å²) in [7, 11) is 0. The van der Waals surface area contributed by atoms with Crippen LogP contribution < -0.4 is 0 Å². The summed E-state index contributed by atoms with van der Waals surface area (Å²) >= 11 is 2.70. The zero-order valence-electron chi connectivity index (χ0n) is 26.0. The van der Waals surface area contributed by atoms with Crippen LogP contribution in [0.1, 0.15) is 41.4 Å². The van der Waals surface area contributed by atoms with E-state index in [0.717, 1.165) is 5.75 Å². The number of aliphatic imine (C=N–C) groups is 1. The van der Waals surface area contributed by atoms with E-state index in [-0.39, 0.29) is 23.3 Å². The van der Waals surface area contributed by atoms with Crippen LogP contribution >= 0.6 is 23.5 Å². The van der Waals surface area contributed by atoms with Gasteiger partial charge in [-0.3, -0.25) is 4.99 Å². The Kier molecular flexibility index (Phi) is 11.4. The third-order valence-corrected chi connectivity index (χ3v) is 9.86. The number of nitrogens with zero attached hydrogens (tertiary/aromatic N) is 1. The van der Waals surface area contributed by atoms with Gasteiger partial charge in [-0.1, -0.05) is 96.3 Å². The molecule has 10 nitrogen and oxygen atoms in total. The van der Waals surface area contributed by atoms with Gasteiger partial charge in [0, 0.05) is 5.75 Å². The zero-order chi connectivity index (χ0) is 34.0. The van der Waals surface area contributed by atoms with Crippen molar-refractivity contribution in [3.63, 3.8) is 0 Å². The standard InChI is InChI=1S/C37H31NO9S2/c39-32(24-13-5-1-6-14-24)43-23-28-29(45-33(40)25-15-7-2-8-16-25)30(46-34(41)26-17-9-3-10-18-26)31(36(44-28)49-37-38-21-22-48-37)47-35(42)27-19-11-4-12-20-27/h1-20,28-31,36H,21-23H2. The van der Waals surface area contributed by atoms with Crippen LogP contribution in [0.2, 0.25) is 0 Å². The van der Waals surface area contributed by atoms with Crippen LogP contribution in [0.5, 0.6) is 0 Å². The Balaban J connectivity index is 1.39. The molecule has 0 radical (unpaired) electrons. The predicted octanol–water partition coefficient (Wildman–Crippen LogP) is 6.08. The fourth-order valence-electron chi connectivity index (χ4n) is 5.11. The van der Waals surface area contributed by atoms with Gasteiger partial charge in [-0.25, -0.2) is 19.2 Å². The highest BCUT2D eigenvalue weighted by Gasteiger charge is 2.53. The first-order chi connectivity index (χ1) is 24.0. The molecule has 1 fully saturated rings. The highest BCUT2D eigenvalue weighted by Crippen LogP contribution is 2.38. The average Bonchev–Trinajstić information content (AvgIpc) is 3.67. The van der Waals surface area contributed by atoms with Crippen molar-refractivity contribution >= 4 is 51.8 Å². The molecular weight excluding hydrogens is 667 g/mol. The summed E-state index contributed by atoms with van der Waals surface area (Å²) in [5, 5.41) is 0. The second-order valence-electron chi connectivity index (χ2n) is 10.8. The third kappa shape index (κ3) is 8.77. The van der Waals surface area contributed by atoms with Crippen LogP contribution in [0.25, 0.3) is 0 Å². The normalized spacial score (nSPS) is 21.6. The van der Waals surface area contributed by atoms with Crippen LogP contribution in [0.4, 0.5) is 0 Å². The minimum absolute atomic E-state index is 0.224. The Labute approximate surface area is 291 Å². The molecule has 6 rings (SSSR count). The van der Waals surface area contributed by atoms with E-state index < -0.39 is 53.7 Å². The lowest BCUT2D eigenvalue weighted by molar-refractivity contribution is -0.207. The molecular formula is C37H31NO9S2. The number of carbonyl (C=O) groups is 4. The second kappa shape index (κ2) is 16.5. The van der Waals surface area contributed by atoms with Gasteiger partial charge in [-0.05, 0) is 48.5 Å². The molecule has 4 aromatic carbocycles. The lowest BCUT2D eigenvalue weighted by Gasteiger charge is -2.44. The van der Waals surface area contributed by atoms with Gasteiger partial charge in [0.1, 0.15) is 17.1 Å². The van der Waals surface area contributed by atoms with E-state index >= 15 is 0 Å². The number of hydrogen-bond donors (Lipinski definition) is 0. The molecule has 0 bridgehead atoms. The van der Waals surface area contributed by atoms with Crippen molar-refractivity contribution in [2.24, 2.45) is 4.99 Å². The fraction of sp³-hybridized carbons (Fsp3) is 0.216. The minimum Gasteiger partial charge on any atom is -0.459 e. The number of benzene rings is 4. The topological polar surface area (TPSA) is 127 Å². The molecule has 0 saturated carbocycles. The molecule has 0 amide bonds. The van der Waals surface area contributed by atoms with Gasteiger partial charge in [0.05, 0.1) is 28.8 Å². The predicted molar refractivity (Wildman–Crippen MR) is 185 cm³/mol. The number of hydrogen-bond acceptors (Lipinski definition) is 12. The Bertz CT molecular complexity index is 1780. The van der Waals surface area contributed by atoms with Crippen LogP contribution in [-0.4, -0.2) is 77.0 Å². The van der Waals surface area contributed by atoms with Crippen molar-refractivity contribution < 1.29 is 42.9 Å². The maximum Gasteiger partial charge on any atom is 0.338 e. The smallest absolute Gasteiger partial charge is 0.338 e. The van der Waals surface area contributed by atoms with E-state index in [1.807, 2.05) is 0 Å². The van der Waals surface area contributed by atoms with Gasteiger partial charge in [-0.2, -0.15) is 0 Å². The molecule has 1 saturated heterocycles. The van der Waals surface area contributed by atoms with E-state index in [4.69, 9.17) is 23.7 Å². The van der Waals surface area contributed by atoms with Crippen molar-refractivity contribution in [2.75, 3.05) is 18.9 Å². The van der Waals surface area contributed by atoms with Crippen molar-refractivity contribution in [2.45, 2.75) is 29.9 Å². The summed E-state index contributed by atoms with van der Waals surface area (Å²) in [6.45, 7) is 0.214. The van der Waals surface area contributed by atoms with Gasteiger partial charge >= 0.3 is 23.9 Å². The fourth-order valence-corrected chi connectivity index (χ4v) is 7.36. The van der Waals surface area contributed by atoms with Gasteiger partial charge in [0.15, 0.2) is 23.7 Å². The van der Waals surface area contributed by atoms with Gasteiger partial charge < -0.3 is 23.7 Å². The van der Waals surface area contributed by atoms with E-state index in [1.54, 1.807) is 121 Å². The van der Waals surface area contributed by atoms with Gasteiger partial charge in [-0.15, -0.1) is 0 Å². The molecule has 2 aliphatic heterocycles. The van der Waals surface area contributed by atoms with Crippen molar-refractivity contribution in [3.05, 3.63) is 144 Å². The highest BCUT2D eigenvalue weighted by atomic mass is 32.2. The number of rotatable bonds is 10. The first-order valence-electron chi connectivity index (χ1n) is 15.5. The molecule has 12 heteroatoms. The van der Waals surface area contributed by atoms with Crippen molar-refractivity contribution in [1.29, 1.82) is 0 Å². The molecule has 49 heavy (non-hydrogen) atoms. The average molecular weight is 698 g/mol. The van der Waals surface area contributed by atoms with E-state index in [1.165, 1.54) is 23.5 Å². The first kappa shape index (κ1) is 34.0. The first-order valence-corrected chi connectivity index (χ1v) is 17.3. The molecule has 0 N–H and O–H groups in total. The number of carbonyl (C=O) groups excluding carboxylic acids is 4. The summed E-state index contributed by atoms with van der Waals surface area (Å²) in [5.41, 5.74) is 0.00542. The highest BCUT2D eigenvalue weighted by molar-refractivity contribution is 8.39. The summed E-state index contributed by atoms with van der Waals surface area (Å²) < 4.78 is 31.1. The Morgan fingerprint density at radius 3 is 1.49 bits per heavy atom. The lowest BCUT2D eigenvalue weighted by atomic mass is 9.98. The van der Waals surface area contributed by atoms with Gasteiger partial charge in [0.2, 0.25) is 0 Å². The lowest BCUT2D eigenvalue weighted by Crippen LogP contribution is -2.62. The maximum atomic E-state index is 13.7. The number of ether oxygens (including phenoxy) is 5.